The normalized spacial score (nSPS) is 10.2. The standard InChI is InChI=1S/C17H14N5O2/c18-16(23)22(21-17(24)20-15-10-3-4-11-19-15)14-9-5-7-12-6-1-2-8-13(12)14/h1-11H,(H2,18,23)(H,21,24). The molecule has 0 aliphatic rings. The maximum absolute atomic E-state index is 12.1. The lowest BCUT2D eigenvalue weighted by molar-refractivity contribution is 0.236. The summed E-state index contributed by atoms with van der Waals surface area (Å²) >= 11 is 0. The number of hydrogen-bond acceptors (Lipinski definition) is 3. The summed E-state index contributed by atoms with van der Waals surface area (Å²) in [6.07, 6.45) is 1.52. The van der Waals surface area contributed by atoms with Gasteiger partial charge in [-0.2, -0.15) is 5.32 Å². The Balaban J connectivity index is 1.87. The van der Waals surface area contributed by atoms with E-state index in [1.807, 2.05) is 30.3 Å². The maximum Gasteiger partial charge on any atom is 0.362 e. The van der Waals surface area contributed by atoms with Crippen molar-refractivity contribution in [3.8, 4) is 0 Å². The third-order valence-corrected chi connectivity index (χ3v) is 3.30. The van der Waals surface area contributed by atoms with Crippen LogP contribution in [0.4, 0.5) is 21.1 Å². The zero-order chi connectivity index (χ0) is 16.9. The number of fused-ring (bicyclic) bond motifs is 1. The minimum Gasteiger partial charge on any atom is -0.350 e. The summed E-state index contributed by atoms with van der Waals surface area (Å²) in [6.45, 7) is 0. The molecule has 24 heavy (non-hydrogen) atoms. The fourth-order valence-corrected chi connectivity index (χ4v) is 2.28. The molecule has 0 unspecified atom stereocenters. The molecule has 0 saturated carbocycles. The first-order valence-electron chi connectivity index (χ1n) is 7.16. The Morgan fingerprint density at radius 2 is 1.75 bits per heavy atom. The van der Waals surface area contributed by atoms with Crippen molar-refractivity contribution >= 4 is 34.3 Å². The van der Waals surface area contributed by atoms with Crippen LogP contribution in [-0.4, -0.2) is 17.0 Å². The first-order valence-corrected chi connectivity index (χ1v) is 7.16. The van der Waals surface area contributed by atoms with E-state index in [0.29, 0.717) is 5.69 Å². The van der Waals surface area contributed by atoms with E-state index in [1.54, 1.807) is 30.3 Å². The van der Waals surface area contributed by atoms with E-state index in [1.165, 1.54) is 6.20 Å². The van der Waals surface area contributed by atoms with E-state index in [2.05, 4.69) is 15.7 Å². The minimum absolute atomic E-state index is 0.234. The molecule has 0 atom stereocenters. The number of primary amides is 1. The zero-order valence-electron chi connectivity index (χ0n) is 12.6. The highest BCUT2D eigenvalue weighted by Crippen LogP contribution is 2.25. The van der Waals surface area contributed by atoms with Gasteiger partial charge in [-0.15, -0.1) is 0 Å². The van der Waals surface area contributed by atoms with Crippen LogP contribution in [0.3, 0.4) is 0 Å². The number of urea groups is 2. The second kappa shape index (κ2) is 6.66. The molecule has 7 nitrogen and oxygen atoms in total. The molecule has 0 aliphatic heterocycles. The van der Waals surface area contributed by atoms with Gasteiger partial charge in [-0.25, -0.2) is 25.0 Å². The number of nitrogens with one attached hydrogen (secondary N) is 1. The van der Waals surface area contributed by atoms with Crippen LogP contribution >= 0.6 is 0 Å². The van der Waals surface area contributed by atoms with Crippen molar-refractivity contribution in [2.24, 2.45) is 5.73 Å². The molecule has 0 saturated heterocycles. The quantitative estimate of drug-likeness (QED) is 0.709. The molecule has 119 valence electrons. The molecule has 1 heterocycles. The van der Waals surface area contributed by atoms with E-state index >= 15 is 0 Å². The van der Waals surface area contributed by atoms with Gasteiger partial charge in [0.15, 0.2) is 5.82 Å². The Labute approximate surface area is 138 Å². The van der Waals surface area contributed by atoms with Crippen molar-refractivity contribution < 1.29 is 9.59 Å². The third kappa shape index (κ3) is 3.25. The van der Waals surface area contributed by atoms with Crippen molar-refractivity contribution in [2.75, 3.05) is 5.01 Å². The highest BCUT2D eigenvalue weighted by Gasteiger charge is 2.18. The van der Waals surface area contributed by atoms with Gasteiger partial charge < -0.3 is 5.73 Å². The molecule has 1 radical (unpaired) electrons. The molecule has 3 N–H and O–H groups in total. The Hall–Kier alpha value is -3.61. The average molecular weight is 320 g/mol. The molecule has 1 aromatic heterocycles. The largest absolute Gasteiger partial charge is 0.362 e. The molecule has 4 amide bonds. The highest BCUT2D eigenvalue weighted by atomic mass is 16.2. The smallest absolute Gasteiger partial charge is 0.350 e. The third-order valence-electron chi connectivity index (χ3n) is 3.30. The van der Waals surface area contributed by atoms with Gasteiger partial charge in [0.25, 0.3) is 0 Å². The van der Waals surface area contributed by atoms with Gasteiger partial charge >= 0.3 is 12.1 Å². The molecule has 0 spiro atoms. The second-order valence-corrected chi connectivity index (χ2v) is 4.89. The van der Waals surface area contributed by atoms with E-state index in [0.717, 1.165) is 15.8 Å². The summed E-state index contributed by atoms with van der Waals surface area (Å²) in [5.41, 5.74) is 8.27. The number of benzene rings is 2. The number of pyridine rings is 1. The van der Waals surface area contributed by atoms with E-state index < -0.39 is 12.1 Å². The number of hydrogen-bond donors (Lipinski definition) is 2. The van der Waals surface area contributed by atoms with E-state index in [-0.39, 0.29) is 5.82 Å². The number of anilines is 1. The van der Waals surface area contributed by atoms with Crippen molar-refractivity contribution in [2.45, 2.75) is 0 Å². The van der Waals surface area contributed by atoms with Crippen LogP contribution in [0.25, 0.3) is 10.8 Å². The monoisotopic (exact) mass is 320 g/mol. The van der Waals surface area contributed by atoms with Crippen LogP contribution < -0.4 is 21.5 Å². The minimum atomic E-state index is -0.823. The summed E-state index contributed by atoms with van der Waals surface area (Å²) in [6, 6.07) is 16.2. The van der Waals surface area contributed by atoms with Gasteiger partial charge in [-0.1, -0.05) is 42.5 Å². The van der Waals surface area contributed by atoms with Crippen LogP contribution in [0.1, 0.15) is 0 Å². The van der Waals surface area contributed by atoms with Gasteiger partial charge in [-0.3, -0.25) is 0 Å². The Morgan fingerprint density at radius 3 is 2.50 bits per heavy atom. The van der Waals surface area contributed by atoms with E-state index in [9.17, 15) is 9.59 Å². The summed E-state index contributed by atoms with van der Waals surface area (Å²) in [4.78, 5) is 27.8. The predicted octanol–water partition coefficient (Wildman–Crippen LogP) is 2.68. The lowest BCUT2D eigenvalue weighted by Crippen LogP contribution is -2.50. The van der Waals surface area contributed by atoms with Gasteiger partial charge in [0, 0.05) is 11.6 Å². The van der Waals surface area contributed by atoms with Crippen molar-refractivity contribution in [1.82, 2.24) is 15.7 Å². The van der Waals surface area contributed by atoms with Crippen molar-refractivity contribution in [3.05, 3.63) is 66.9 Å². The van der Waals surface area contributed by atoms with Gasteiger partial charge in [0.05, 0.1) is 5.69 Å². The van der Waals surface area contributed by atoms with E-state index in [4.69, 9.17) is 5.73 Å². The first-order chi connectivity index (χ1) is 11.6. The Bertz CT molecular complexity index is 877. The zero-order valence-corrected chi connectivity index (χ0v) is 12.6. The summed E-state index contributed by atoms with van der Waals surface area (Å²) < 4.78 is 0. The molecular formula is C17H14N5O2. The number of hydrazine groups is 1. The Morgan fingerprint density at radius 1 is 1.00 bits per heavy atom. The van der Waals surface area contributed by atoms with Gasteiger partial charge in [0.1, 0.15) is 0 Å². The molecule has 3 aromatic rings. The van der Waals surface area contributed by atoms with Crippen LogP contribution in [0.2, 0.25) is 0 Å². The fourth-order valence-electron chi connectivity index (χ4n) is 2.28. The molecule has 7 heteroatoms. The number of rotatable bonds is 2. The molecule has 3 rings (SSSR count). The maximum atomic E-state index is 12.1. The first kappa shape index (κ1) is 15.3. The SMILES string of the molecule is NC(=O)N(NC(=O)[N]c1ccccn1)c1cccc2ccccc12. The van der Waals surface area contributed by atoms with Crippen molar-refractivity contribution in [3.63, 3.8) is 0 Å². The fraction of sp³-hybridized carbons (Fsp3) is 0. The molecule has 0 aliphatic carbocycles. The number of nitrogens with zero attached hydrogens (tertiary/aromatic N) is 3. The number of carbonyl (C=O) groups is 2. The molecule has 0 fully saturated rings. The number of aromatic nitrogens is 1. The average Bonchev–Trinajstić information content (AvgIpc) is 2.60. The summed E-state index contributed by atoms with van der Waals surface area (Å²) in [5.74, 6) is 0.234. The second-order valence-electron chi connectivity index (χ2n) is 4.89. The van der Waals surface area contributed by atoms with Gasteiger partial charge in [-0.05, 0) is 23.6 Å². The summed E-state index contributed by atoms with van der Waals surface area (Å²) in [5, 5.41) is 6.43. The van der Waals surface area contributed by atoms with Gasteiger partial charge in [0.2, 0.25) is 0 Å². The highest BCUT2D eigenvalue weighted by molar-refractivity contribution is 6.03. The van der Waals surface area contributed by atoms with Crippen LogP contribution in [0.15, 0.2) is 66.9 Å². The lowest BCUT2D eigenvalue weighted by Gasteiger charge is -2.22. The van der Waals surface area contributed by atoms with Crippen LogP contribution in [-0.2, 0) is 0 Å². The number of nitrogens with two attached hydrogens (primary N) is 1. The Kier molecular flexibility index (Phi) is 4.24. The topological polar surface area (TPSA) is 102 Å². The van der Waals surface area contributed by atoms with Crippen LogP contribution in [0.5, 0.6) is 0 Å². The van der Waals surface area contributed by atoms with Crippen LogP contribution in [0, 0.1) is 0 Å². The number of carbonyl (C=O) groups excluding carboxylic acids is 2. The predicted molar refractivity (Wildman–Crippen MR) is 90.6 cm³/mol. The number of amides is 4. The molecular weight excluding hydrogens is 306 g/mol. The van der Waals surface area contributed by atoms with Crippen molar-refractivity contribution in [1.29, 1.82) is 0 Å². The molecule has 0 bridgehead atoms. The lowest BCUT2D eigenvalue weighted by atomic mass is 10.1. The molecule has 2 aromatic carbocycles. The summed E-state index contributed by atoms with van der Waals surface area (Å²) in [7, 11) is 0.